The third-order valence-electron chi connectivity index (χ3n) is 3.09. The Morgan fingerprint density at radius 3 is 2.48 bits per heavy atom. The minimum Gasteiger partial charge on any atom is -0.545 e. The molecule has 0 saturated heterocycles. The fourth-order valence-corrected chi connectivity index (χ4v) is 2.84. The molecule has 0 bridgehead atoms. The van der Waals surface area contributed by atoms with E-state index in [1.807, 2.05) is 30.3 Å². The van der Waals surface area contributed by atoms with Crippen molar-refractivity contribution in [3.63, 3.8) is 0 Å². The van der Waals surface area contributed by atoms with Crippen molar-refractivity contribution in [3.05, 3.63) is 59.7 Å². The van der Waals surface area contributed by atoms with Crippen molar-refractivity contribution in [1.29, 1.82) is 0 Å². The molecule has 0 spiro atoms. The van der Waals surface area contributed by atoms with E-state index in [-0.39, 0.29) is 28.7 Å². The number of thioether (sulfide) groups is 1. The van der Waals surface area contributed by atoms with Crippen LogP contribution in [0.25, 0.3) is 0 Å². The summed E-state index contributed by atoms with van der Waals surface area (Å²) in [5.74, 6) is -1.45. The van der Waals surface area contributed by atoms with Crippen LogP contribution in [0.3, 0.4) is 0 Å². The van der Waals surface area contributed by atoms with Crippen molar-refractivity contribution in [1.82, 2.24) is 0 Å². The number of esters is 1. The van der Waals surface area contributed by atoms with Gasteiger partial charge in [-0.3, -0.25) is 9.59 Å². The number of carboxylic acid groups (broad SMARTS) is 1. The lowest BCUT2D eigenvalue weighted by Crippen LogP contribution is -2.25. The van der Waals surface area contributed by atoms with Crippen molar-refractivity contribution in [2.24, 2.45) is 0 Å². The molecule has 25 heavy (non-hydrogen) atoms. The van der Waals surface area contributed by atoms with Crippen molar-refractivity contribution in [2.75, 3.05) is 11.1 Å². The molecule has 0 unspecified atom stereocenters. The molecule has 2 aromatic rings. The van der Waals surface area contributed by atoms with Gasteiger partial charge in [0.15, 0.2) is 0 Å². The van der Waals surface area contributed by atoms with Crippen LogP contribution < -0.4 is 15.2 Å². The molecule has 130 valence electrons. The van der Waals surface area contributed by atoms with E-state index in [1.54, 1.807) is 0 Å². The summed E-state index contributed by atoms with van der Waals surface area (Å²) < 4.78 is 4.83. The fourth-order valence-electron chi connectivity index (χ4n) is 2.05. The summed E-state index contributed by atoms with van der Waals surface area (Å²) in [4.78, 5) is 34.2. The molecular weight excluding hydrogens is 342 g/mol. The van der Waals surface area contributed by atoms with Gasteiger partial charge in [0.2, 0.25) is 5.91 Å². The number of ether oxygens (including phenoxy) is 1. The van der Waals surface area contributed by atoms with Gasteiger partial charge in [-0.25, -0.2) is 0 Å². The number of hydrogen-bond donors (Lipinski definition) is 1. The van der Waals surface area contributed by atoms with E-state index < -0.39 is 11.9 Å². The first-order valence-corrected chi connectivity index (χ1v) is 8.56. The number of benzene rings is 2. The van der Waals surface area contributed by atoms with Crippen molar-refractivity contribution in [3.8, 4) is 5.75 Å². The second-order valence-corrected chi connectivity index (χ2v) is 6.10. The Hall–Kier alpha value is -2.80. The van der Waals surface area contributed by atoms with Crippen LogP contribution in [0.1, 0.15) is 22.8 Å². The average Bonchev–Trinajstić information content (AvgIpc) is 2.56. The van der Waals surface area contributed by atoms with Crippen LogP contribution in [0.5, 0.6) is 5.75 Å². The monoisotopic (exact) mass is 358 g/mol. The Morgan fingerprint density at radius 1 is 1.12 bits per heavy atom. The van der Waals surface area contributed by atoms with E-state index in [2.05, 4.69) is 5.32 Å². The summed E-state index contributed by atoms with van der Waals surface area (Å²) in [7, 11) is 0. The summed E-state index contributed by atoms with van der Waals surface area (Å²) in [5.41, 5.74) is 0.947. The van der Waals surface area contributed by atoms with Crippen LogP contribution in [0.4, 0.5) is 5.69 Å². The standard InChI is InChI=1S/C18H17NO5S/c1-12(20)24-14-7-8-16(15(9-14)18(22)23)19-17(21)11-25-10-13-5-3-2-4-6-13/h2-9H,10-11H2,1H3,(H,19,21)(H,22,23)/p-1. The molecule has 1 N–H and O–H groups in total. The second kappa shape index (κ2) is 8.89. The van der Waals surface area contributed by atoms with E-state index in [0.717, 1.165) is 11.6 Å². The summed E-state index contributed by atoms with van der Waals surface area (Å²) in [6.45, 7) is 1.21. The van der Waals surface area contributed by atoms with Crippen LogP contribution in [0.2, 0.25) is 0 Å². The molecule has 0 radical (unpaired) electrons. The highest BCUT2D eigenvalue weighted by Gasteiger charge is 2.10. The van der Waals surface area contributed by atoms with Crippen LogP contribution in [-0.2, 0) is 15.3 Å². The van der Waals surface area contributed by atoms with Crippen LogP contribution in [0, 0.1) is 0 Å². The first-order chi connectivity index (χ1) is 12.0. The zero-order chi connectivity index (χ0) is 18.2. The third-order valence-corrected chi connectivity index (χ3v) is 4.10. The Bertz CT molecular complexity index is 776. The number of carbonyl (C=O) groups is 3. The van der Waals surface area contributed by atoms with Crippen LogP contribution >= 0.6 is 11.8 Å². The molecule has 0 heterocycles. The molecule has 2 aromatic carbocycles. The Labute approximate surface area is 149 Å². The molecule has 0 atom stereocenters. The van der Waals surface area contributed by atoms with E-state index in [9.17, 15) is 19.5 Å². The number of carbonyl (C=O) groups excluding carboxylic acids is 3. The van der Waals surface area contributed by atoms with Gasteiger partial charge >= 0.3 is 5.97 Å². The van der Waals surface area contributed by atoms with Crippen LogP contribution in [0.15, 0.2) is 48.5 Å². The Kier molecular flexibility index (Phi) is 6.59. The molecule has 1 amide bonds. The first kappa shape index (κ1) is 18.5. The van der Waals surface area contributed by atoms with Crippen molar-refractivity contribution < 1.29 is 24.2 Å². The van der Waals surface area contributed by atoms with Crippen molar-refractivity contribution in [2.45, 2.75) is 12.7 Å². The third kappa shape index (κ3) is 5.96. The highest BCUT2D eigenvalue weighted by Crippen LogP contribution is 2.22. The summed E-state index contributed by atoms with van der Waals surface area (Å²) in [5, 5.41) is 13.8. The topological polar surface area (TPSA) is 95.5 Å². The van der Waals surface area contributed by atoms with Gasteiger partial charge in [0.1, 0.15) is 5.75 Å². The lowest BCUT2D eigenvalue weighted by Gasteiger charge is -2.13. The van der Waals surface area contributed by atoms with Crippen molar-refractivity contribution >= 4 is 35.3 Å². The molecule has 0 aliphatic heterocycles. The maximum absolute atomic E-state index is 12.0. The molecule has 0 aliphatic carbocycles. The Morgan fingerprint density at radius 2 is 1.84 bits per heavy atom. The highest BCUT2D eigenvalue weighted by molar-refractivity contribution is 7.99. The minimum atomic E-state index is -1.47. The molecule has 0 saturated carbocycles. The van der Waals surface area contributed by atoms with Gasteiger partial charge in [-0.05, 0) is 23.8 Å². The normalized spacial score (nSPS) is 10.1. The first-order valence-electron chi connectivity index (χ1n) is 7.41. The number of rotatable bonds is 7. The number of aromatic carboxylic acids is 1. The molecular formula is C18H16NO5S-. The SMILES string of the molecule is CC(=O)Oc1ccc(NC(=O)CSCc2ccccc2)c(C(=O)[O-])c1. The fraction of sp³-hybridized carbons (Fsp3) is 0.167. The molecule has 0 aliphatic rings. The van der Waals surface area contributed by atoms with Gasteiger partial charge in [-0.2, -0.15) is 0 Å². The van der Waals surface area contributed by atoms with Crippen LogP contribution in [-0.4, -0.2) is 23.6 Å². The minimum absolute atomic E-state index is 0.0724. The number of amides is 1. The van der Waals surface area contributed by atoms with E-state index >= 15 is 0 Å². The smallest absolute Gasteiger partial charge is 0.308 e. The van der Waals surface area contributed by atoms with Gasteiger partial charge in [-0.15, -0.1) is 11.8 Å². The zero-order valence-corrected chi connectivity index (χ0v) is 14.3. The predicted octanol–water partition coefficient (Wildman–Crippen LogP) is 1.85. The predicted molar refractivity (Wildman–Crippen MR) is 93.3 cm³/mol. The molecule has 2 rings (SSSR count). The summed E-state index contributed by atoms with van der Waals surface area (Å²) >= 11 is 1.42. The number of nitrogens with one attached hydrogen (secondary N) is 1. The van der Waals surface area contributed by atoms with Gasteiger partial charge in [0.05, 0.1) is 17.4 Å². The largest absolute Gasteiger partial charge is 0.545 e. The summed E-state index contributed by atoms with van der Waals surface area (Å²) in [6, 6.07) is 13.6. The second-order valence-electron chi connectivity index (χ2n) is 5.12. The van der Waals surface area contributed by atoms with E-state index in [0.29, 0.717) is 5.75 Å². The van der Waals surface area contributed by atoms with E-state index in [4.69, 9.17) is 4.74 Å². The number of anilines is 1. The van der Waals surface area contributed by atoms with Gasteiger partial charge < -0.3 is 20.0 Å². The van der Waals surface area contributed by atoms with Gasteiger partial charge in [0, 0.05) is 18.2 Å². The summed E-state index contributed by atoms with van der Waals surface area (Å²) in [6.07, 6.45) is 0. The van der Waals surface area contributed by atoms with E-state index in [1.165, 1.54) is 30.8 Å². The molecule has 0 fully saturated rings. The van der Waals surface area contributed by atoms with Gasteiger partial charge in [0.25, 0.3) is 0 Å². The quantitative estimate of drug-likeness (QED) is 0.599. The van der Waals surface area contributed by atoms with Gasteiger partial charge in [-0.1, -0.05) is 30.3 Å². The highest BCUT2D eigenvalue weighted by atomic mass is 32.2. The zero-order valence-electron chi connectivity index (χ0n) is 13.5. The average molecular weight is 358 g/mol. The lowest BCUT2D eigenvalue weighted by molar-refractivity contribution is -0.254. The molecule has 0 aromatic heterocycles. The molecule has 6 nitrogen and oxygen atoms in total. The molecule has 7 heteroatoms. The Balaban J connectivity index is 1.97. The maximum Gasteiger partial charge on any atom is 0.308 e. The maximum atomic E-state index is 12.0. The number of carboxylic acids is 1. The lowest BCUT2D eigenvalue weighted by atomic mass is 10.1. The number of hydrogen-bond acceptors (Lipinski definition) is 6.